The quantitative estimate of drug-likeness (QED) is 0.709. The van der Waals surface area contributed by atoms with E-state index in [1.165, 1.54) is 6.07 Å². The predicted octanol–water partition coefficient (Wildman–Crippen LogP) is 3.87. The highest BCUT2D eigenvalue weighted by Gasteiger charge is 2.32. The van der Waals surface area contributed by atoms with Crippen molar-refractivity contribution in [1.29, 1.82) is 0 Å². The molecule has 0 aliphatic carbocycles. The molecule has 0 unspecified atom stereocenters. The molecule has 15 heavy (non-hydrogen) atoms. The first-order chi connectivity index (χ1) is 6.86. The molecule has 1 heterocycles. The van der Waals surface area contributed by atoms with Crippen LogP contribution in [0.4, 0.5) is 13.2 Å². The van der Waals surface area contributed by atoms with E-state index >= 15 is 0 Å². The summed E-state index contributed by atoms with van der Waals surface area (Å²) < 4.78 is 37.0. The molecule has 0 aliphatic rings. The van der Waals surface area contributed by atoms with E-state index in [9.17, 15) is 13.2 Å². The van der Waals surface area contributed by atoms with Crippen molar-refractivity contribution in [3.8, 4) is 0 Å². The fourth-order valence-electron chi connectivity index (χ4n) is 1.12. The number of pyridine rings is 1. The van der Waals surface area contributed by atoms with Crippen molar-refractivity contribution in [2.75, 3.05) is 0 Å². The Kier molecular flexibility index (Phi) is 3.39. The number of rotatable bonds is 2. The maximum absolute atomic E-state index is 12.3. The van der Waals surface area contributed by atoms with Crippen molar-refractivity contribution in [3.05, 3.63) is 35.7 Å². The molecule has 82 valence electrons. The highest BCUT2D eigenvalue weighted by molar-refractivity contribution is 6.17. The highest BCUT2D eigenvalue weighted by Crippen LogP contribution is 2.29. The van der Waals surface area contributed by atoms with Crippen molar-refractivity contribution < 1.29 is 13.2 Å². The summed E-state index contributed by atoms with van der Waals surface area (Å²) in [6.45, 7) is 5.16. The van der Waals surface area contributed by atoms with Gasteiger partial charge in [-0.05, 0) is 24.1 Å². The summed E-state index contributed by atoms with van der Waals surface area (Å²) in [5, 5.41) is 0. The van der Waals surface area contributed by atoms with Crippen LogP contribution >= 0.6 is 11.6 Å². The highest BCUT2D eigenvalue weighted by atomic mass is 35.5. The van der Waals surface area contributed by atoms with Crippen LogP contribution in [0.2, 0.25) is 0 Å². The van der Waals surface area contributed by atoms with Crippen LogP contribution < -0.4 is 0 Å². The van der Waals surface area contributed by atoms with E-state index in [0.717, 1.165) is 6.07 Å². The molecule has 0 aliphatic heterocycles. The third kappa shape index (κ3) is 2.72. The summed E-state index contributed by atoms with van der Waals surface area (Å²) in [5.74, 6) is 0.118. The van der Waals surface area contributed by atoms with Crippen molar-refractivity contribution in [3.63, 3.8) is 0 Å². The third-order valence-corrected chi connectivity index (χ3v) is 2.11. The topological polar surface area (TPSA) is 12.9 Å². The van der Waals surface area contributed by atoms with E-state index in [4.69, 9.17) is 11.6 Å². The summed E-state index contributed by atoms with van der Waals surface area (Å²) in [6, 6.07) is 2.25. The Morgan fingerprint density at radius 1 is 1.47 bits per heavy atom. The van der Waals surface area contributed by atoms with Gasteiger partial charge in [-0.1, -0.05) is 12.6 Å². The second kappa shape index (κ2) is 4.23. The number of alkyl halides is 4. The van der Waals surface area contributed by atoms with Crippen LogP contribution in [-0.4, -0.2) is 4.98 Å². The largest absolute Gasteiger partial charge is 0.433 e. The maximum Gasteiger partial charge on any atom is 0.433 e. The standard InChI is InChI=1S/C10H9ClF3N/c1-6(2)9-7(5-11)3-4-8(15-9)10(12,13)14/h3-4H,1,5H2,2H3. The van der Waals surface area contributed by atoms with Gasteiger partial charge in [0.25, 0.3) is 0 Å². The summed E-state index contributed by atoms with van der Waals surface area (Å²) >= 11 is 5.58. The average Bonchev–Trinajstić information content (AvgIpc) is 2.15. The van der Waals surface area contributed by atoms with E-state index in [-0.39, 0.29) is 11.6 Å². The molecule has 0 atom stereocenters. The first kappa shape index (κ1) is 12.0. The monoisotopic (exact) mass is 235 g/mol. The van der Waals surface area contributed by atoms with Gasteiger partial charge in [0.1, 0.15) is 5.69 Å². The maximum atomic E-state index is 12.3. The summed E-state index contributed by atoms with van der Waals surface area (Å²) in [4.78, 5) is 3.51. The second-order valence-corrected chi connectivity index (χ2v) is 3.38. The molecule has 1 aromatic rings. The van der Waals surface area contributed by atoms with Gasteiger partial charge in [-0.3, -0.25) is 0 Å². The lowest BCUT2D eigenvalue weighted by Gasteiger charge is -2.10. The molecule has 0 amide bonds. The number of hydrogen-bond acceptors (Lipinski definition) is 1. The number of halogens is 4. The van der Waals surface area contributed by atoms with Crippen LogP contribution in [-0.2, 0) is 12.1 Å². The van der Waals surface area contributed by atoms with Crippen molar-refractivity contribution in [2.24, 2.45) is 0 Å². The minimum absolute atomic E-state index is 0.118. The van der Waals surface area contributed by atoms with Crippen LogP contribution in [0.3, 0.4) is 0 Å². The van der Waals surface area contributed by atoms with E-state index in [1.807, 2.05) is 0 Å². The smallest absolute Gasteiger partial charge is 0.243 e. The Balaban J connectivity index is 3.28. The first-order valence-electron chi connectivity index (χ1n) is 4.15. The molecule has 0 saturated carbocycles. The molecular formula is C10H9ClF3N. The fourth-order valence-corrected chi connectivity index (χ4v) is 1.34. The van der Waals surface area contributed by atoms with Crippen molar-refractivity contribution in [1.82, 2.24) is 4.98 Å². The van der Waals surface area contributed by atoms with Gasteiger partial charge in [0.05, 0.1) is 5.69 Å². The molecule has 0 saturated heterocycles. The zero-order valence-corrected chi connectivity index (χ0v) is 8.78. The van der Waals surface area contributed by atoms with Gasteiger partial charge in [0, 0.05) is 5.88 Å². The van der Waals surface area contributed by atoms with Crippen LogP contribution in [0.25, 0.3) is 5.57 Å². The molecule has 1 aromatic heterocycles. The van der Waals surface area contributed by atoms with E-state index in [1.54, 1.807) is 6.92 Å². The van der Waals surface area contributed by atoms with Gasteiger partial charge in [-0.25, -0.2) is 4.98 Å². The molecule has 0 radical (unpaired) electrons. The Bertz CT molecular complexity index is 385. The molecule has 0 spiro atoms. The van der Waals surface area contributed by atoms with E-state index < -0.39 is 11.9 Å². The second-order valence-electron chi connectivity index (χ2n) is 3.12. The van der Waals surface area contributed by atoms with Gasteiger partial charge < -0.3 is 0 Å². The van der Waals surface area contributed by atoms with Crippen LogP contribution in [0, 0.1) is 0 Å². The fraction of sp³-hybridized carbons (Fsp3) is 0.300. The lowest BCUT2D eigenvalue weighted by Crippen LogP contribution is -2.10. The van der Waals surface area contributed by atoms with E-state index in [0.29, 0.717) is 11.1 Å². The Labute approximate surface area is 90.6 Å². The Morgan fingerprint density at radius 2 is 2.07 bits per heavy atom. The normalized spacial score (nSPS) is 11.5. The lowest BCUT2D eigenvalue weighted by molar-refractivity contribution is -0.141. The minimum Gasteiger partial charge on any atom is -0.243 e. The number of aromatic nitrogens is 1. The van der Waals surface area contributed by atoms with Crippen molar-refractivity contribution in [2.45, 2.75) is 19.0 Å². The van der Waals surface area contributed by atoms with Gasteiger partial charge in [0.2, 0.25) is 0 Å². The Hall–Kier alpha value is -1.03. The summed E-state index contributed by atoms with van der Waals surface area (Å²) in [7, 11) is 0. The number of allylic oxidation sites excluding steroid dienone is 1. The predicted molar refractivity (Wildman–Crippen MR) is 53.5 cm³/mol. The molecule has 5 heteroatoms. The number of hydrogen-bond donors (Lipinski definition) is 0. The van der Waals surface area contributed by atoms with Crippen LogP contribution in [0.5, 0.6) is 0 Å². The average molecular weight is 236 g/mol. The third-order valence-electron chi connectivity index (χ3n) is 1.82. The molecule has 1 nitrogen and oxygen atoms in total. The van der Waals surface area contributed by atoms with Gasteiger partial charge >= 0.3 is 6.18 Å². The molecule has 0 fully saturated rings. The van der Waals surface area contributed by atoms with Gasteiger partial charge in [-0.15, -0.1) is 11.6 Å². The lowest BCUT2D eigenvalue weighted by atomic mass is 10.1. The van der Waals surface area contributed by atoms with Gasteiger partial charge in [-0.2, -0.15) is 13.2 Å². The minimum atomic E-state index is -4.44. The van der Waals surface area contributed by atoms with Crippen molar-refractivity contribution >= 4 is 17.2 Å². The molecular weight excluding hydrogens is 227 g/mol. The first-order valence-corrected chi connectivity index (χ1v) is 4.68. The molecule has 1 rings (SSSR count). The summed E-state index contributed by atoms with van der Waals surface area (Å²) in [5.41, 5.74) is 0.322. The summed E-state index contributed by atoms with van der Waals surface area (Å²) in [6.07, 6.45) is -4.44. The molecule has 0 N–H and O–H groups in total. The SMILES string of the molecule is C=C(C)c1nc(C(F)(F)F)ccc1CCl. The van der Waals surface area contributed by atoms with Crippen LogP contribution in [0.1, 0.15) is 23.9 Å². The number of nitrogens with zero attached hydrogens (tertiary/aromatic N) is 1. The molecule has 0 aromatic carbocycles. The zero-order valence-electron chi connectivity index (χ0n) is 8.03. The zero-order chi connectivity index (χ0) is 11.6. The van der Waals surface area contributed by atoms with Crippen LogP contribution in [0.15, 0.2) is 18.7 Å². The molecule has 0 bridgehead atoms. The van der Waals surface area contributed by atoms with E-state index in [2.05, 4.69) is 11.6 Å². The Morgan fingerprint density at radius 3 is 2.47 bits per heavy atom. The van der Waals surface area contributed by atoms with Gasteiger partial charge in [0.15, 0.2) is 0 Å².